The molecule has 0 radical (unpaired) electrons. The molecule has 2 aromatic heterocycles. The highest BCUT2D eigenvalue weighted by molar-refractivity contribution is 6.16. The van der Waals surface area contributed by atoms with Crippen molar-refractivity contribution in [3.05, 3.63) is 91.1 Å². The second kappa shape index (κ2) is 5.79. The molecular weight excluding hydrogens is 344 g/mol. The maximum absolute atomic E-state index is 5.03. The van der Waals surface area contributed by atoms with E-state index in [4.69, 9.17) is 4.99 Å². The third-order valence-corrected chi connectivity index (χ3v) is 5.24. The average Bonchev–Trinajstić information content (AvgIpc) is 2.99. The SMILES string of the molecule is c1ccc2c(c1)N=C(n1c3ccccc3c3cccnc31)Nc1ccccc1-2. The molecule has 0 saturated carbocycles. The van der Waals surface area contributed by atoms with Gasteiger partial charge in [0.15, 0.2) is 0 Å². The number of anilines is 1. The molecule has 4 heteroatoms. The minimum atomic E-state index is 0.752. The van der Waals surface area contributed by atoms with Gasteiger partial charge in [-0.05, 0) is 30.3 Å². The molecule has 5 aromatic rings. The van der Waals surface area contributed by atoms with Crippen LogP contribution in [0.25, 0.3) is 33.1 Å². The van der Waals surface area contributed by atoms with Gasteiger partial charge in [0.2, 0.25) is 5.96 Å². The molecule has 1 aliphatic heterocycles. The van der Waals surface area contributed by atoms with Gasteiger partial charge in [0.05, 0.1) is 11.2 Å². The van der Waals surface area contributed by atoms with Crippen molar-refractivity contribution in [3.63, 3.8) is 0 Å². The van der Waals surface area contributed by atoms with Crippen LogP contribution in [-0.4, -0.2) is 15.5 Å². The predicted molar refractivity (Wildman–Crippen MR) is 115 cm³/mol. The Morgan fingerprint density at radius 3 is 2.39 bits per heavy atom. The monoisotopic (exact) mass is 360 g/mol. The maximum atomic E-state index is 5.03. The van der Waals surface area contributed by atoms with Crippen molar-refractivity contribution in [2.75, 3.05) is 5.32 Å². The van der Waals surface area contributed by atoms with Crippen molar-refractivity contribution in [1.82, 2.24) is 9.55 Å². The van der Waals surface area contributed by atoms with Crippen LogP contribution in [0.2, 0.25) is 0 Å². The van der Waals surface area contributed by atoms with E-state index in [1.165, 1.54) is 5.39 Å². The van der Waals surface area contributed by atoms with Gasteiger partial charge >= 0.3 is 0 Å². The van der Waals surface area contributed by atoms with Crippen LogP contribution >= 0.6 is 0 Å². The second-order valence-electron chi connectivity index (χ2n) is 6.85. The van der Waals surface area contributed by atoms with E-state index in [0.29, 0.717) is 0 Å². The lowest BCUT2D eigenvalue weighted by Gasteiger charge is -2.13. The number of nitrogens with zero attached hydrogens (tertiary/aromatic N) is 3. The van der Waals surface area contributed by atoms with Gasteiger partial charge in [0, 0.05) is 33.8 Å². The number of rotatable bonds is 0. The molecule has 0 saturated heterocycles. The van der Waals surface area contributed by atoms with Crippen molar-refractivity contribution in [2.45, 2.75) is 0 Å². The fraction of sp³-hybridized carbons (Fsp3) is 0. The Hall–Kier alpha value is -3.92. The Labute approximate surface area is 161 Å². The third kappa shape index (κ3) is 2.12. The summed E-state index contributed by atoms with van der Waals surface area (Å²) < 4.78 is 2.11. The summed E-state index contributed by atoms with van der Waals surface area (Å²) in [5, 5.41) is 5.85. The van der Waals surface area contributed by atoms with E-state index < -0.39 is 0 Å². The largest absolute Gasteiger partial charge is 0.325 e. The third-order valence-electron chi connectivity index (χ3n) is 5.24. The van der Waals surface area contributed by atoms with Crippen LogP contribution in [0.5, 0.6) is 0 Å². The van der Waals surface area contributed by atoms with E-state index in [1.807, 2.05) is 24.4 Å². The normalized spacial score (nSPS) is 12.8. The van der Waals surface area contributed by atoms with Crippen LogP contribution in [0.1, 0.15) is 0 Å². The Morgan fingerprint density at radius 1 is 0.679 bits per heavy atom. The molecule has 0 aliphatic carbocycles. The summed E-state index contributed by atoms with van der Waals surface area (Å²) in [6.07, 6.45) is 1.83. The first kappa shape index (κ1) is 15.2. The zero-order valence-electron chi connectivity index (χ0n) is 15.0. The first-order chi connectivity index (χ1) is 13.9. The molecule has 0 bridgehead atoms. The number of pyridine rings is 1. The fourth-order valence-corrected chi connectivity index (χ4v) is 4.00. The Morgan fingerprint density at radius 2 is 1.43 bits per heavy atom. The molecule has 0 amide bonds. The van der Waals surface area contributed by atoms with Crippen molar-refractivity contribution < 1.29 is 0 Å². The molecule has 132 valence electrons. The number of hydrogen-bond donors (Lipinski definition) is 1. The molecule has 3 aromatic carbocycles. The second-order valence-corrected chi connectivity index (χ2v) is 6.85. The van der Waals surface area contributed by atoms with Gasteiger partial charge in [-0.25, -0.2) is 9.98 Å². The average molecular weight is 360 g/mol. The summed E-state index contributed by atoms with van der Waals surface area (Å²) in [5.74, 6) is 0.752. The molecule has 6 rings (SSSR count). The van der Waals surface area contributed by atoms with Crippen LogP contribution < -0.4 is 5.32 Å². The smallest absolute Gasteiger partial charge is 0.214 e. The van der Waals surface area contributed by atoms with Crippen LogP contribution in [0, 0.1) is 0 Å². The lowest BCUT2D eigenvalue weighted by atomic mass is 10.0. The zero-order chi connectivity index (χ0) is 18.5. The van der Waals surface area contributed by atoms with E-state index >= 15 is 0 Å². The summed E-state index contributed by atoms with van der Waals surface area (Å²) >= 11 is 0. The number of benzene rings is 3. The highest BCUT2D eigenvalue weighted by Gasteiger charge is 2.20. The van der Waals surface area contributed by atoms with Gasteiger partial charge in [-0.2, -0.15) is 0 Å². The number of para-hydroxylation sites is 3. The molecule has 0 spiro atoms. The van der Waals surface area contributed by atoms with Crippen LogP contribution in [-0.2, 0) is 0 Å². The van der Waals surface area contributed by atoms with E-state index in [-0.39, 0.29) is 0 Å². The Bertz CT molecular complexity index is 1340. The van der Waals surface area contributed by atoms with Crippen molar-refractivity contribution >= 4 is 39.3 Å². The quantitative estimate of drug-likeness (QED) is 0.378. The lowest BCUT2D eigenvalue weighted by Crippen LogP contribution is -2.21. The highest BCUT2D eigenvalue weighted by atomic mass is 15.2. The van der Waals surface area contributed by atoms with Crippen LogP contribution in [0.15, 0.2) is 96.1 Å². The van der Waals surface area contributed by atoms with Gasteiger partial charge in [-0.15, -0.1) is 0 Å². The van der Waals surface area contributed by atoms with E-state index in [9.17, 15) is 0 Å². The van der Waals surface area contributed by atoms with Crippen molar-refractivity contribution in [2.24, 2.45) is 4.99 Å². The molecule has 0 atom stereocenters. The number of fused-ring (bicyclic) bond motifs is 6. The topological polar surface area (TPSA) is 42.2 Å². The summed E-state index contributed by atoms with van der Waals surface area (Å²) in [4.78, 5) is 9.70. The lowest BCUT2D eigenvalue weighted by molar-refractivity contribution is 1.19. The predicted octanol–water partition coefficient (Wildman–Crippen LogP) is 5.82. The molecule has 3 heterocycles. The van der Waals surface area contributed by atoms with Gasteiger partial charge in [-0.1, -0.05) is 54.6 Å². The van der Waals surface area contributed by atoms with Gasteiger partial charge in [0.25, 0.3) is 0 Å². The van der Waals surface area contributed by atoms with Crippen LogP contribution in [0.4, 0.5) is 11.4 Å². The van der Waals surface area contributed by atoms with E-state index in [2.05, 4.69) is 81.6 Å². The minimum absolute atomic E-state index is 0.752. The number of aliphatic imine (C=N–C) groups is 1. The summed E-state index contributed by atoms with van der Waals surface area (Å²) in [5.41, 5.74) is 6.22. The molecule has 0 unspecified atom stereocenters. The number of nitrogens with one attached hydrogen (secondary N) is 1. The Balaban J connectivity index is 1.71. The Kier molecular flexibility index (Phi) is 3.14. The maximum Gasteiger partial charge on any atom is 0.214 e. The highest BCUT2D eigenvalue weighted by Crippen LogP contribution is 2.38. The fourth-order valence-electron chi connectivity index (χ4n) is 4.00. The summed E-state index contributed by atoms with van der Waals surface area (Å²) in [6, 6.07) is 29.0. The minimum Gasteiger partial charge on any atom is -0.325 e. The van der Waals surface area contributed by atoms with Crippen LogP contribution in [0.3, 0.4) is 0 Å². The summed E-state index contributed by atoms with van der Waals surface area (Å²) in [7, 11) is 0. The molecule has 28 heavy (non-hydrogen) atoms. The molecule has 1 aliphatic rings. The first-order valence-corrected chi connectivity index (χ1v) is 9.29. The van der Waals surface area contributed by atoms with Gasteiger partial charge in [-0.3, -0.25) is 4.57 Å². The van der Waals surface area contributed by atoms with Crippen molar-refractivity contribution in [3.8, 4) is 11.1 Å². The molecule has 4 nitrogen and oxygen atoms in total. The standard InChI is InChI=1S/C24H16N4/c1-4-12-20-16(8-1)17-9-2-5-13-21(17)27-24(26-20)28-22-14-6-3-10-18(22)19-11-7-15-25-23(19)28/h1-15H,(H,26,27). The molecular formula is C24H16N4. The number of hydrogen-bond acceptors (Lipinski definition) is 3. The van der Waals surface area contributed by atoms with E-state index in [0.717, 1.165) is 45.0 Å². The first-order valence-electron chi connectivity index (χ1n) is 9.29. The zero-order valence-corrected chi connectivity index (χ0v) is 15.0. The van der Waals surface area contributed by atoms with Crippen molar-refractivity contribution in [1.29, 1.82) is 0 Å². The van der Waals surface area contributed by atoms with Gasteiger partial charge in [0.1, 0.15) is 5.65 Å². The molecule has 0 fully saturated rings. The van der Waals surface area contributed by atoms with E-state index in [1.54, 1.807) is 0 Å². The number of aromatic nitrogens is 2. The van der Waals surface area contributed by atoms with Gasteiger partial charge < -0.3 is 5.32 Å². The molecule has 1 N–H and O–H groups in total. The summed E-state index contributed by atoms with van der Waals surface area (Å²) in [6.45, 7) is 0.